The number of amides is 1. The minimum absolute atomic E-state index is 0.0638. The summed E-state index contributed by atoms with van der Waals surface area (Å²) in [5.41, 5.74) is 8.93. The van der Waals surface area contributed by atoms with Crippen LogP contribution >= 0.6 is 11.6 Å². The topological polar surface area (TPSA) is 109 Å². The lowest BCUT2D eigenvalue weighted by molar-refractivity contribution is -0.138. The number of hydrogen-bond donors (Lipinski definition) is 1. The van der Waals surface area contributed by atoms with Gasteiger partial charge in [-0.3, -0.25) is 14.7 Å². The summed E-state index contributed by atoms with van der Waals surface area (Å²) in [6.07, 6.45) is 9.41. The number of benzene rings is 2. The van der Waals surface area contributed by atoms with Crippen molar-refractivity contribution in [3.8, 4) is 17.0 Å². The zero-order valence-corrected chi connectivity index (χ0v) is 27.8. The first-order valence-electron chi connectivity index (χ1n) is 16.5. The summed E-state index contributed by atoms with van der Waals surface area (Å²) in [5, 5.41) is 0.675. The lowest BCUT2D eigenvalue weighted by Crippen LogP contribution is -2.61. The van der Waals surface area contributed by atoms with Crippen molar-refractivity contribution in [1.82, 2.24) is 19.1 Å². The van der Waals surface area contributed by atoms with E-state index in [0.717, 1.165) is 16.8 Å². The summed E-state index contributed by atoms with van der Waals surface area (Å²) in [5.74, 6) is 1.06. The third-order valence-electron chi connectivity index (χ3n) is 9.56. The maximum atomic E-state index is 14.1. The molecule has 1 aromatic heterocycles. The second kappa shape index (κ2) is 14.8. The highest BCUT2D eigenvalue weighted by molar-refractivity contribution is 7.89. The molecule has 2 aliphatic heterocycles. The number of piperidine rings is 1. The molecule has 1 atom stereocenters. The molecule has 246 valence electrons. The number of halogens is 1. The zero-order valence-electron chi connectivity index (χ0n) is 26.3. The average Bonchev–Trinajstić information content (AvgIpc) is 3.09. The van der Waals surface area contributed by atoms with E-state index in [9.17, 15) is 13.2 Å². The Kier molecular flexibility index (Phi) is 10.6. The van der Waals surface area contributed by atoms with Crippen LogP contribution < -0.4 is 10.5 Å². The molecule has 0 radical (unpaired) electrons. The van der Waals surface area contributed by atoms with Crippen LogP contribution in [-0.4, -0.2) is 84.8 Å². The number of nitrogens with two attached hydrogens (primary N) is 1. The molecule has 2 saturated heterocycles. The summed E-state index contributed by atoms with van der Waals surface area (Å²) in [6.45, 7) is 3.29. The van der Waals surface area contributed by atoms with Gasteiger partial charge in [-0.2, -0.15) is 4.31 Å². The summed E-state index contributed by atoms with van der Waals surface area (Å²) in [6, 6.07) is 17.5. The van der Waals surface area contributed by atoms with E-state index in [4.69, 9.17) is 22.1 Å². The number of pyridine rings is 1. The molecule has 3 aliphatic rings. The summed E-state index contributed by atoms with van der Waals surface area (Å²) in [4.78, 5) is 22.7. The van der Waals surface area contributed by atoms with Crippen molar-refractivity contribution in [2.45, 2.75) is 68.5 Å². The number of sulfonamides is 1. The third kappa shape index (κ3) is 7.91. The smallest absolute Gasteiger partial charge is 0.243 e. The van der Waals surface area contributed by atoms with Gasteiger partial charge in [0.15, 0.2) is 0 Å². The van der Waals surface area contributed by atoms with Gasteiger partial charge in [0.2, 0.25) is 15.9 Å². The molecular formula is C35H44ClN5O4S. The van der Waals surface area contributed by atoms with Gasteiger partial charge in [-0.15, -0.1) is 0 Å². The first-order chi connectivity index (χ1) is 22.3. The molecule has 9 nitrogen and oxygen atoms in total. The minimum Gasteiger partial charge on any atom is -0.493 e. The number of carbonyl (C=O) groups is 1. The van der Waals surface area contributed by atoms with Crippen LogP contribution in [0.2, 0.25) is 5.02 Å². The van der Waals surface area contributed by atoms with Gasteiger partial charge in [0.25, 0.3) is 0 Å². The van der Waals surface area contributed by atoms with Crippen LogP contribution in [-0.2, 0) is 21.4 Å². The van der Waals surface area contributed by atoms with Crippen molar-refractivity contribution in [2.75, 3.05) is 39.3 Å². The van der Waals surface area contributed by atoms with Gasteiger partial charge in [-0.05, 0) is 79.6 Å². The number of likely N-dealkylation sites (tertiary alicyclic amines) is 1. The van der Waals surface area contributed by atoms with Crippen LogP contribution in [0.3, 0.4) is 0 Å². The number of ether oxygens (including phenoxy) is 1. The number of aromatic nitrogens is 1. The number of rotatable bonds is 9. The fourth-order valence-corrected chi connectivity index (χ4v) is 8.46. The SMILES string of the molecule is NC1CCN(C(=O)[C@@H]2CN(Cc3ccc(-c4ccc(Cl)cc4)nc3)CCN2S(=O)(=O)c2ccc(OCC3CCCCC3)cc2)CC1. The van der Waals surface area contributed by atoms with Crippen LogP contribution in [0, 0.1) is 5.92 Å². The van der Waals surface area contributed by atoms with Gasteiger partial charge in [-0.25, -0.2) is 8.42 Å². The predicted octanol–water partition coefficient (Wildman–Crippen LogP) is 5.19. The Morgan fingerprint density at radius 1 is 0.891 bits per heavy atom. The van der Waals surface area contributed by atoms with E-state index in [0.29, 0.717) is 68.9 Å². The molecule has 2 N–H and O–H groups in total. The van der Waals surface area contributed by atoms with Crippen molar-refractivity contribution in [1.29, 1.82) is 0 Å². The highest BCUT2D eigenvalue weighted by Crippen LogP contribution is 2.28. The average molecular weight is 666 g/mol. The number of carbonyl (C=O) groups excluding carboxylic acids is 1. The Bertz CT molecular complexity index is 1560. The van der Waals surface area contributed by atoms with E-state index in [2.05, 4.69) is 9.88 Å². The molecular weight excluding hydrogens is 622 g/mol. The van der Waals surface area contributed by atoms with Crippen LogP contribution in [0.1, 0.15) is 50.5 Å². The van der Waals surface area contributed by atoms with E-state index in [1.54, 1.807) is 29.2 Å². The van der Waals surface area contributed by atoms with Gasteiger partial charge in [0.05, 0.1) is 17.2 Å². The number of hydrogen-bond acceptors (Lipinski definition) is 7. The maximum Gasteiger partial charge on any atom is 0.243 e. The fraction of sp³-hybridized carbons (Fsp3) is 0.486. The summed E-state index contributed by atoms with van der Waals surface area (Å²) in [7, 11) is -3.94. The zero-order chi connectivity index (χ0) is 32.1. The van der Waals surface area contributed by atoms with E-state index < -0.39 is 16.1 Å². The molecule has 3 heterocycles. The Balaban J connectivity index is 1.16. The van der Waals surface area contributed by atoms with Crippen molar-refractivity contribution in [3.63, 3.8) is 0 Å². The lowest BCUT2D eigenvalue weighted by Gasteiger charge is -2.42. The summed E-state index contributed by atoms with van der Waals surface area (Å²) < 4.78 is 35.6. The molecule has 11 heteroatoms. The van der Waals surface area contributed by atoms with Gasteiger partial charge in [0, 0.05) is 62.1 Å². The highest BCUT2D eigenvalue weighted by Gasteiger charge is 2.42. The Morgan fingerprint density at radius 2 is 1.61 bits per heavy atom. The Morgan fingerprint density at radius 3 is 2.28 bits per heavy atom. The molecule has 0 unspecified atom stereocenters. The van der Waals surface area contributed by atoms with Crippen molar-refractivity contribution in [3.05, 3.63) is 77.4 Å². The Hall–Kier alpha value is -3.02. The number of piperazine rings is 1. The molecule has 2 aromatic carbocycles. The molecule has 1 aliphatic carbocycles. The maximum absolute atomic E-state index is 14.1. The van der Waals surface area contributed by atoms with Crippen LogP contribution in [0.5, 0.6) is 5.75 Å². The molecule has 6 rings (SSSR count). The standard InChI is InChI=1S/C35H44ClN5O4S/c36-29-9-7-28(8-10-29)33-15-6-27(22-38-33)23-39-20-21-41(34(24-39)35(42)40-18-16-30(37)17-19-40)46(43,44)32-13-11-31(12-14-32)45-25-26-4-2-1-3-5-26/h6-15,22,26,30,34H,1-5,16-21,23-25,37H2/t34-/m0/s1. The normalized spacial score (nSPS) is 20.9. The molecule has 1 saturated carbocycles. The van der Waals surface area contributed by atoms with Crippen LogP contribution in [0.15, 0.2) is 71.8 Å². The first kappa shape index (κ1) is 32.9. The first-order valence-corrected chi connectivity index (χ1v) is 18.3. The van der Waals surface area contributed by atoms with Crippen LogP contribution in [0.4, 0.5) is 0 Å². The predicted molar refractivity (Wildman–Crippen MR) is 180 cm³/mol. The van der Waals surface area contributed by atoms with Gasteiger partial charge in [-0.1, -0.05) is 49.1 Å². The molecule has 0 bridgehead atoms. The lowest BCUT2D eigenvalue weighted by atomic mass is 9.90. The fourth-order valence-electron chi connectivity index (χ4n) is 6.76. The van der Waals surface area contributed by atoms with Crippen LogP contribution in [0.25, 0.3) is 11.3 Å². The largest absolute Gasteiger partial charge is 0.493 e. The van der Waals surface area contributed by atoms with Crippen molar-refractivity contribution in [2.24, 2.45) is 11.7 Å². The van der Waals surface area contributed by atoms with E-state index in [-0.39, 0.29) is 23.4 Å². The van der Waals surface area contributed by atoms with Gasteiger partial charge >= 0.3 is 0 Å². The van der Waals surface area contributed by atoms with E-state index in [1.807, 2.05) is 42.6 Å². The second-order valence-corrected chi connectivity index (χ2v) is 15.2. The van der Waals surface area contributed by atoms with Gasteiger partial charge < -0.3 is 15.4 Å². The third-order valence-corrected chi connectivity index (χ3v) is 11.7. The summed E-state index contributed by atoms with van der Waals surface area (Å²) >= 11 is 6.03. The highest BCUT2D eigenvalue weighted by atomic mass is 35.5. The monoisotopic (exact) mass is 665 g/mol. The minimum atomic E-state index is -3.94. The quantitative estimate of drug-likeness (QED) is 0.335. The van der Waals surface area contributed by atoms with Gasteiger partial charge in [0.1, 0.15) is 11.8 Å². The van der Waals surface area contributed by atoms with E-state index in [1.165, 1.54) is 36.4 Å². The number of nitrogens with zero attached hydrogens (tertiary/aromatic N) is 4. The molecule has 1 amide bonds. The second-order valence-electron chi connectivity index (χ2n) is 12.9. The van der Waals surface area contributed by atoms with Crippen molar-refractivity contribution < 1.29 is 17.9 Å². The molecule has 0 spiro atoms. The molecule has 46 heavy (non-hydrogen) atoms. The molecule has 3 aromatic rings. The van der Waals surface area contributed by atoms with Crippen molar-refractivity contribution >= 4 is 27.5 Å². The van der Waals surface area contributed by atoms with E-state index >= 15 is 0 Å². The Labute approximate surface area is 277 Å². The molecule has 3 fully saturated rings.